The molecule has 5 nitrogen and oxygen atoms in total. The molecule has 1 saturated heterocycles. The van der Waals surface area contributed by atoms with Gasteiger partial charge in [-0.3, -0.25) is 4.90 Å². The third-order valence-corrected chi connectivity index (χ3v) is 3.10. The Balaban J connectivity index is 1.79. The number of morpholine rings is 1. The van der Waals surface area contributed by atoms with Gasteiger partial charge in [-0.05, 0) is 12.1 Å². The summed E-state index contributed by atoms with van der Waals surface area (Å²) in [5, 5.41) is 18.0. The van der Waals surface area contributed by atoms with Crippen LogP contribution in [0.1, 0.15) is 5.56 Å². The number of ether oxygens (including phenoxy) is 2. The highest BCUT2D eigenvalue weighted by molar-refractivity contribution is 5.42. The van der Waals surface area contributed by atoms with E-state index in [-0.39, 0.29) is 12.7 Å². The molecule has 2 rings (SSSR count). The lowest BCUT2D eigenvalue weighted by molar-refractivity contribution is -0.0547. The van der Waals surface area contributed by atoms with Crippen LogP contribution in [0.5, 0.6) is 5.75 Å². The standard InChI is InChI=1S/C14H18N2O3/c15-9-12-3-1-2-4-14(12)19-8-6-16-5-7-18-13(10-16)11-17/h1-4,13,17H,5-8,10-11H2. The lowest BCUT2D eigenvalue weighted by Gasteiger charge is -2.31. The Bertz CT molecular complexity index is 445. The molecule has 19 heavy (non-hydrogen) atoms. The van der Waals surface area contributed by atoms with E-state index in [0.29, 0.717) is 24.5 Å². The van der Waals surface area contributed by atoms with Crippen molar-refractivity contribution in [1.29, 1.82) is 5.26 Å². The summed E-state index contributed by atoms with van der Waals surface area (Å²) in [6.07, 6.45) is -0.0971. The normalized spacial score (nSPS) is 19.9. The van der Waals surface area contributed by atoms with Crippen LogP contribution in [0.4, 0.5) is 0 Å². The molecule has 0 spiro atoms. The zero-order valence-corrected chi connectivity index (χ0v) is 10.8. The molecule has 1 N–H and O–H groups in total. The van der Waals surface area contributed by atoms with Crippen molar-refractivity contribution in [2.45, 2.75) is 6.10 Å². The average Bonchev–Trinajstić information content (AvgIpc) is 2.48. The Morgan fingerprint density at radius 3 is 3.11 bits per heavy atom. The lowest BCUT2D eigenvalue weighted by Crippen LogP contribution is -2.45. The molecule has 0 aromatic heterocycles. The van der Waals surface area contributed by atoms with Crippen molar-refractivity contribution in [1.82, 2.24) is 4.90 Å². The van der Waals surface area contributed by atoms with Crippen molar-refractivity contribution < 1.29 is 14.6 Å². The molecule has 0 bridgehead atoms. The first-order chi connectivity index (χ1) is 9.33. The van der Waals surface area contributed by atoms with Crippen molar-refractivity contribution in [2.24, 2.45) is 0 Å². The quantitative estimate of drug-likeness (QED) is 0.843. The van der Waals surface area contributed by atoms with Crippen LogP contribution >= 0.6 is 0 Å². The zero-order valence-electron chi connectivity index (χ0n) is 10.8. The molecule has 0 aliphatic carbocycles. The maximum absolute atomic E-state index is 9.06. The van der Waals surface area contributed by atoms with E-state index in [9.17, 15) is 0 Å². The summed E-state index contributed by atoms with van der Waals surface area (Å²) >= 11 is 0. The van der Waals surface area contributed by atoms with Crippen LogP contribution in [0.3, 0.4) is 0 Å². The van der Waals surface area contributed by atoms with Crippen molar-refractivity contribution in [3.63, 3.8) is 0 Å². The van der Waals surface area contributed by atoms with Crippen LogP contribution in [0.25, 0.3) is 0 Å². The Hall–Kier alpha value is -1.61. The number of aliphatic hydroxyl groups is 1. The highest BCUT2D eigenvalue weighted by Crippen LogP contribution is 2.16. The summed E-state index contributed by atoms with van der Waals surface area (Å²) in [5.41, 5.74) is 0.553. The van der Waals surface area contributed by atoms with Gasteiger partial charge in [0.25, 0.3) is 0 Å². The number of nitrogens with zero attached hydrogens (tertiary/aromatic N) is 2. The van der Waals surface area contributed by atoms with Gasteiger partial charge < -0.3 is 14.6 Å². The van der Waals surface area contributed by atoms with Gasteiger partial charge in [0, 0.05) is 19.6 Å². The summed E-state index contributed by atoms with van der Waals surface area (Å²) in [6.45, 7) is 3.55. The van der Waals surface area contributed by atoms with Gasteiger partial charge in [-0.25, -0.2) is 0 Å². The number of rotatable bonds is 5. The lowest BCUT2D eigenvalue weighted by atomic mass is 10.2. The van der Waals surface area contributed by atoms with Gasteiger partial charge in [-0.1, -0.05) is 12.1 Å². The molecule has 1 atom stereocenters. The van der Waals surface area contributed by atoms with Gasteiger partial charge in [0.05, 0.1) is 24.9 Å². The zero-order chi connectivity index (χ0) is 13.5. The maximum Gasteiger partial charge on any atom is 0.137 e. The number of benzene rings is 1. The molecule has 1 aromatic carbocycles. The van der Waals surface area contributed by atoms with E-state index in [1.807, 2.05) is 12.1 Å². The predicted octanol–water partition coefficient (Wildman–Crippen LogP) is 0.630. The number of para-hydroxylation sites is 1. The second-order valence-corrected chi connectivity index (χ2v) is 4.43. The first-order valence-corrected chi connectivity index (χ1v) is 6.40. The average molecular weight is 262 g/mol. The van der Waals surface area contributed by atoms with Crippen LogP contribution < -0.4 is 4.74 Å². The fraction of sp³-hybridized carbons (Fsp3) is 0.500. The molecule has 0 radical (unpaired) electrons. The Labute approximate surface area is 113 Å². The fourth-order valence-electron chi connectivity index (χ4n) is 2.06. The molecule has 5 heteroatoms. The summed E-state index contributed by atoms with van der Waals surface area (Å²) in [5.74, 6) is 0.622. The van der Waals surface area contributed by atoms with E-state index in [0.717, 1.165) is 19.6 Å². The van der Waals surface area contributed by atoms with E-state index >= 15 is 0 Å². The van der Waals surface area contributed by atoms with Crippen LogP contribution in [0.15, 0.2) is 24.3 Å². The van der Waals surface area contributed by atoms with Gasteiger partial charge >= 0.3 is 0 Å². The van der Waals surface area contributed by atoms with Gasteiger partial charge in [0.1, 0.15) is 18.4 Å². The topological polar surface area (TPSA) is 65.7 Å². The van der Waals surface area contributed by atoms with Gasteiger partial charge in [-0.15, -0.1) is 0 Å². The van der Waals surface area contributed by atoms with Crippen LogP contribution in [0.2, 0.25) is 0 Å². The largest absolute Gasteiger partial charge is 0.491 e. The monoisotopic (exact) mass is 262 g/mol. The molecular weight excluding hydrogens is 244 g/mol. The summed E-state index contributed by atoms with van der Waals surface area (Å²) in [4.78, 5) is 2.19. The number of hydrogen-bond donors (Lipinski definition) is 1. The van der Waals surface area contributed by atoms with Crippen molar-refractivity contribution in [2.75, 3.05) is 39.5 Å². The smallest absolute Gasteiger partial charge is 0.137 e. The van der Waals surface area contributed by atoms with Gasteiger partial charge in [-0.2, -0.15) is 5.26 Å². The summed E-state index contributed by atoms with van der Waals surface area (Å²) in [7, 11) is 0. The second kappa shape index (κ2) is 7.10. The van der Waals surface area contributed by atoms with E-state index in [1.165, 1.54) is 0 Å². The van der Waals surface area contributed by atoms with Crippen LogP contribution in [0, 0.1) is 11.3 Å². The molecule has 1 aliphatic heterocycles. The molecule has 1 fully saturated rings. The molecule has 1 aliphatic rings. The van der Waals surface area contributed by atoms with Crippen molar-refractivity contribution in [3.8, 4) is 11.8 Å². The van der Waals surface area contributed by atoms with Crippen molar-refractivity contribution >= 4 is 0 Å². The molecule has 1 aromatic rings. The molecule has 102 valence electrons. The third-order valence-electron chi connectivity index (χ3n) is 3.10. The first kappa shape index (κ1) is 13.8. The van der Waals surface area contributed by atoms with Gasteiger partial charge in [0.2, 0.25) is 0 Å². The third kappa shape index (κ3) is 3.93. The molecule has 0 saturated carbocycles. The van der Waals surface area contributed by atoms with Crippen LogP contribution in [-0.2, 0) is 4.74 Å². The van der Waals surface area contributed by atoms with E-state index in [2.05, 4.69) is 11.0 Å². The molecule has 0 amide bonds. The van der Waals surface area contributed by atoms with Crippen LogP contribution in [-0.4, -0.2) is 55.6 Å². The van der Waals surface area contributed by atoms with E-state index in [1.54, 1.807) is 12.1 Å². The number of nitriles is 1. The summed E-state index contributed by atoms with van der Waals surface area (Å²) in [6, 6.07) is 9.32. The Kier molecular flexibility index (Phi) is 5.16. The Morgan fingerprint density at radius 2 is 2.32 bits per heavy atom. The van der Waals surface area contributed by atoms with Crippen molar-refractivity contribution in [3.05, 3.63) is 29.8 Å². The SMILES string of the molecule is N#Cc1ccccc1OCCN1CCOC(CO)C1. The minimum atomic E-state index is -0.0971. The first-order valence-electron chi connectivity index (χ1n) is 6.40. The van der Waals surface area contributed by atoms with E-state index in [4.69, 9.17) is 19.8 Å². The minimum absolute atomic E-state index is 0.0502. The number of aliphatic hydroxyl groups excluding tert-OH is 1. The minimum Gasteiger partial charge on any atom is -0.491 e. The van der Waals surface area contributed by atoms with Gasteiger partial charge in [0.15, 0.2) is 0 Å². The number of hydrogen-bond acceptors (Lipinski definition) is 5. The molecule has 1 heterocycles. The highest BCUT2D eigenvalue weighted by Gasteiger charge is 2.19. The predicted molar refractivity (Wildman–Crippen MR) is 69.9 cm³/mol. The highest BCUT2D eigenvalue weighted by atomic mass is 16.5. The Morgan fingerprint density at radius 1 is 1.47 bits per heavy atom. The summed E-state index contributed by atoms with van der Waals surface area (Å²) < 4.78 is 11.0. The second-order valence-electron chi connectivity index (χ2n) is 4.43. The molecular formula is C14H18N2O3. The van der Waals surface area contributed by atoms with E-state index < -0.39 is 0 Å². The maximum atomic E-state index is 9.06. The fourth-order valence-corrected chi connectivity index (χ4v) is 2.06. The molecule has 1 unspecified atom stereocenters.